The summed E-state index contributed by atoms with van der Waals surface area (Å²) in [6, 6.07) is 93.1. The second-order valence-corrected chi connectivity index (χ2v) is 18.0. The third-order valence-corrected chi connectivity index (χ3v) is 14.5. The van der Waals surface area contributed by atoms with E-state index in [0.29, 0.717) is 0 Å². The smallest absolute Gasteiger partial charge is 0.143 e. The number of hydrogen-bond acceptors (Lipinski definition) is 2. The van der Waals surface area contributed by atoms with Gasteiger partial charge in [-0.2, -0.15) is 0 Å². The lowest BCUT2D eigenvalue weighted by atomic mass is 9.67. The minimum atomic E-state index is -0.540. The van der Waals surface area contributed by atoms with Crippen molar-refractivity contribution in [3.8, 4) is 27.9 Å². The Bertz CT molecular complexity index is 4030. The van der Waals surface area contributed by atoms with Gasteiger partial charge >= 0.3 is 0 Å². The summed E-state index contributed by atoms with van der Waals surface area (Å²) in [5.41, 5.74) is 17.9. The molecule has 0 N–H and O–H groups in total. The fourth-order valence-corrected chi connectivity index (χ4v) is 11.5. The first-order chi connectivity index (χ1) is 33.7. The van der Waals surface area contributed by atoms with Gasteiger partial charge in [-0.1, -0.05) is 182 Å². The molecular formula is C65H42N2O. The van der Waals surface area contributed by atoms with Gasteiger partial charge in [0.05, 0.1) is 22.1 Å². The number of anilines is 3. The number of para-hydroxylation sites is 3. The van der Waals surface area contributed by atoms with Crippen molar-refractivity contribution in [3.63, 3.8) is 0 Å². The van der Waals surface area contributed by atoms with Gasteiger partial charge in [0.25, 0.3) is 0 Å². The lowest BCUT2D eigenvalue weighted by Crippen LogP contribution is -2.28. The number of fused-ring (bicyclic) bond motifs is 11. The molecule has 14 rings (SSSR count). The van der Waals surface area contributed by atoms with Crippen LogP contribution in [0.2, 0.25) is 0 Å². The topological polar surface area (TPSA) is 21.3 Å². The zero-order valence-corrected chi connectivity index (χ0v) is 37.1. The van der Waals surface area contributed by atoms with Crippen molar-refractivity contribution in [1.29, 1.82) is 0 Å². The number of aromatic nitrogens is 1. The molecule has 3 heteroatoms. The number of benzene rings is 11. The average Bonchev–Trinajstić information content (AvgIpc) is 4.06. The molecule has 0 fully saturated rings. The lowest BCUT2D eigenvalue weighted by Gasteiger charge is -2.35. The maximum absolute atomic E-state index is 6.66. The van der Waals surface area contributed by atoms with Crippen LogP contribution in [0.4, 0.5) is 17.1 Å². The van der Waals surface area contributed by atoms with Crippen LogP contribution in [0.5, 0.6) is 0 Å². The summed E-state index contributed by atoms with van der Waals surface area (Å²) in [5, 5.41) is 6.92. The molecule has 13 aromatic rings. The second kappa shape index (κ2) is 15.1. The number of furan rings is 1. The first-order valence-electron chi connectivity index (χ1n) is 23.4. The van der Waals surface area contributed by atoms with Crippen LogP contribution in [0, 0.1) is 0 Å². The van der Waals surface area contributed by atoms with Crippen LogP contribution < -0.4 is 4.90 Å². The molecular weight excluding hydrogens is 825 g/mol. The zero-order chi connectivity index (χ0) is 44.8. The summed E-state index contributed by atoms with van der Waals surface area (Å²) in [5.74, 6) is 0. The molecule has 0 spiro atoms. The summed E-state index contributed by atoms with van der Waals surface area (Å²) in [4.78, 5) is 2.45. The van der Waals surface area contributed by atoms with Crippen LogP contribution in [0.25, 0.3) is 82.5 Å². The Labute approximate surface area is 394 Å². The fraction of sp³-hybridized carbons (Fsp3) is 0.0154. The fourth-order valence-electron chi connectivity index (χ4n) is 11.5. The molecule has 0 saturated heterocycles. The van der Waals surface area contributed by atoms with E-state index in [1.54, 1.807) is 0 Å². The predicted molar refractivity (Wildman–Crippen MR) is 283 cm³/mol. The molecule has 2 heterocycles. The minimum absolute atomic E-state index is 0.540. The Hall–Kier alpha value is -8.92. The quantitative estimate of drug-likeness (QED) is 0.159. The van der Waals surface area contributed by atoms with E-state index in [4.69, 9.17) is 4.42 Å². The summed E-state index contributed by atoms with van der Waals surface area (Å²) >= 11 is 0. The normalized spacial score (nSPS) is 12.8. The van der Waals surface area contributed by atoms with Crippen molar-refractivity contribution in [3.05, 3.63) is 277 Å². The Morgan fingerprint density at radius 3 is 1.74 bits per heavy atom. The summed E-state index contributed by atoms with van der Waals surface area (Å²) in [6.07, 6.45) is 0. The van der Waals surface area contributed by atoms with E-state index in [1.807, 2.05) is 6.07 Å². The third kappa shape index (κ3) is 5.60. The molecule has 0 unspecified atom stereocenters. The summed E-state index contributed by atoms with van der Waals surface area (Å²) in [7, 11) is 0. The highest BCUT2D eigenvalue weighted by Gasteiger charge is 2.46. The van der Waals surface area contributed by atoms with Gasteiger partial charge in [-0.05, 0) is 117 Å². The molecule has 3 nitrogen and oxygen atoms in total. The molecule has 0 aliphatic heterocycles. The van der Waals surface area contributed by atoms with E-state index in [1.165, 1.54) is 60.8 Å². The molecule has 2 aromatic heterocycles. The molecule has 1 aliphatic rings. The maximum atomic E-state index is 6.66. The van der Waals surface area contributed by atoms with Crippen LogP contribution in [-0.4, -0.2) is 4.57 Å². The van der Waals surface area contributed by atoms with E-state index < -0.39 is 5.41 Å². The van der Waals surface area contributed by atoms with E-state index in [2.05, 4.69) is 258 Å². The van der Waals surface area contributed by atoms with Crippen molar-refractivity contribution < 1.29 is 4.42 Å². The zero-order valence-electron chi connectivity index (χ0n) is 37.1. The number of rotatable bonds is 7. The van der Waals surface area contributed by atoms with Gasteiger partial charge in [-0.3, -0.25) is 0 Å². The van der Waals surface area contributed by atoms with Crippen LogP contribution >= 0.6 is 0 Å². The molecule has 0 amide bonds. The summed E-state index contributed by atoms with van der Waals surface area (Å²) < 4.78 is 9.04. The SMILES string of the molecule is c1ccc(-n2c3ccccc3c3cc(-c4ccc(N(c5ccc6c(c5)C(c5ccccc5)(c5ccccc5)c5ccccc5-6)c5cccc6c5ccc5c7ccccc7oc65)cc4)ccc32)cc1. The van der Waals surface area contributed by atoms with Gasteiger partial charge in [0, 0.05) is 49.4 Å². The van der Waals surface area contributed by atoms with Gasteiger partial charge in [-0.15, -0.1) is 0 Å². The van der Waals surface area contributed by atoms with Gasteiger partial charge < -0.3 is 13.9 Å². The van der Waals surface area contributed by atoms with Crippen molar-refractivity contribution in [1.82, 2.24) is 4.57 Å². The van der Waals surface area contributed by atoms with Crippen LogP contribution in [0.15, 0.2) is 259 Å². The van der Waals surface area contributed by atoms with Gasteiger partial charge in [0.2, 0.25) is 0 Å². The van der Waals surface area contributed by atoms with Gasteiger partial charge in [0.1, 0.15) is 11.2 Å². The third-order valence-electron chi connectivity index (χ3n) is 14.5. The first kappa shape index (κ1) is 38.4. The van der Waals surface area contributed by atoms with Crippen LogP contribution in [0.3, 0.4) is 0 Å². The first-order valence-corrected chi connectivity index (χ1v) is 23.4. The van der Waals surface area contributed by atoms with Crippen molar-refractivity contribution in [2.75, 3.05) is 4.90 Å². The molecule has 0 atom stereocenters. The van der Waals surface area contributed by atoms with E-state index in [0.717, 1.165) is 61.0 Å². The predicted octanol–water partition coefficient (Wildman–Crippen LogP) is 17.3. The van der Waals surface area contributed by atoms with Crippen molar-refractivity contribution in [2.24, 2.45) is 0 Å². The monoisotopic (exact) mass is 866 g/mol. The van der Waals surface area contributed by atoms with Crippen molar-refractivity contribution in [2.45, 2.75) is 5.41 Å². The molecule has 1 aliphatic carbocycles. The molecule has 0 radical (unpaired) electrons. The lowest BCUT2D eigenvalue weighted by molar-refractivity contribution is 0.672. The Balaban J connectivity index is 0.978. The largest absolute Gasteiger partial charge is 0.455 e. The van der Waals surface area contributed by atoms with E-state index in [9.17, 15) is 0 Å². The van der Waals surface area contributed by atoms with Gasteiger partial charge in [0.15, 0.2) is 0 Å². The molecule has 68 heavy (non-hydrogen) atoms. The van der Waals surface area contributed by atoms with E-state index >= 15 is 0 Å². The molecule has 0 bridgehead atoms. The Morgan fingerprint density at radius 1 is 0.353 bits per heavy atom. The van der Waals surface area contributed by atoms with Crippen molar-refractivity contribution >= 4 is 71.6 Å². The number of nitrogens with zero attached hydrogens (tertiary/aromatic N) is 2. The second-order valence-electron chi connectivity index (χ2n) is 18.0. The average molecular weight is 867 g/mol. The van der Waals surface area contributed by atoms with Gasteiger partial charge in [-0.25, -0.2) is 0 Å². The van der Waals surface area contributed by atoms with Crippen LogP contribution in [0.1, 0.15) is 22.3 Å². The highest BCUT2D eigenvalue weighted by Crippen LogP contribution is 2.57. The molecule has 0 saturated carbocycles. The Kier molecular flexibility index (Phi) is 8.50. The highest BCUT2D eigenvalue weighted by atomic mass is 16.3. The number of hydrogen-bond donors (Lipinski definition) is 0. The highest BCUT2D eigenvalue weighted by molar-refractivity contribution is 6.18. The van der Waals surface area contributed by atoms with E-state index in [-0.39, 0.29) is 0 Å². The maximum Gasteiger partial charge on any atom is 0.143 e. The van der Waals surface area contributed by atoms with Crippen LogP contribution in [-0.2, 0) is 5.41 Å². The summed E-state index contributed by atoms with van der Waals surface area (Å²) in [6.45, 7) is 0. The Morgan fingerprint density at radius 2 is 0.941 bits per heavy atom. The standard InChI is InChI=1S/C65H42N2O/c1-4-17-45(18-5-1)65(46-19-6-2-7-20-46)58-27-13-10-23-50(58)51-37-36-49(42-59(51)65)66(60-29-16-26-55-53(60)38-39-56-54-25-12-15-30-63(54)68-64(55)56)48-34-31-43(32-35-48)44-33-40-62-57(41-44)52-24-11-14-28-61(52)67(62)47-21-8-3-9-22-47/h1-42H. The minimum Gasteiger partial charge on any atom is -0.455 e. The molecule has 11 aromatic carbocycles. The molecule has 318 valence electrons.